The Hall–Kier alpha value is -2.78. The van der Waals surface area contributed by atoms with Crippen LogP contribution in [0.1, 0.15) is 59.6 Å². The average molecular weight is 540 g/mol. The van der Waals surface area contributed by atoms with E-state index in [2.05, 4.69) is 22.7 Å². The highest BCUT2D eigenvalue weighted by Gasteiger charge is 2.23. The molecule has 0 bridgehead atoms. The van der Waals surface area contributed by atoms with Crippen LogP contribution in [0.4, 0.5) is 10.6 Å². The number of amides is 3. The van der Waals surface area contributed by atoms with E-state index in [0.717, 1.165) is 25.0 Å². The average Bonchev–Trinajstić information content (AvgIpc) is 3.23. The first-order valence-electron chi connectivity index (χ1n) is 12.0. The van der Waals surface area contributed by atoms with Crippen LogP contribution in [0, 0.1) is 0 Å². The topological polar surface area (TPSA) is 106 Å². The van der Waals surface area contributed by atoms with Gasteiger partial charge in [0, 0.05) is 18.0 Å². The van der Waals surface area contributed by atoms with Crippen molar-refractivity contribution in [3.05, 3.63) is 40.0 Å². The minimum Gasteiger partial charge on any atom is -0.465 e. The van der Waals surface area contributed by atoms with Crippen molar-refractivity contribution in [2.75, 3.05) is 31.6 Å². The van der Waals surface area contributed by atoms with Gasteiger partial charge in [-0.05, 0) is 31.5 Å². The van der Waals surface area contributed by atoms with E-state index in [1.54, 1.807) is 35.9 Å². The Morgan fingerprint density at radius 2 is 1.81 bits per heavy atom. The number of benzene rings is 1. The molecule has 2 rings (SSSR count). The van der Waals surface area contributed by atoms with E-state index in [0.29, 0.717) is 28.1 Å². The summed E-state index contributed by atoms with van der Waals surface area (Å²) in [7, 11) is 0. The third-order valence-electron chi connectivity index (χ3n) is 5.24. The number of ether oxygens (including phenoxy) is 1. The first kappa shape index (κ1) is 29.5. The number of hydrogen-bond acceptors (Lipinski definition) is 5. The SMILES string of the molecule is CCCCCN(CC(=O)Nc1cc(C(C)(C)C)nn1-c1ccc(Cl)c(Cl)c1)C(=O)NCC(=O)OCC. The molecule has 1 aromatic heterocycles. The lowest BCUT2D eigenvalue weighted by Crippen LogP contribution is -2.46. The van der Waals surface area contributed by atoms with Crippen molar-refractivity contribution >= 4 is 46.9 Å². The molecule has 0 radical (unpaired) electrons. The lowest BCUT2D eigenvalue weighted by atomic mass is 9.92. The highest BCUT2D eigenvalue weighted by Crippen LogP contribution is 2.29. The van der Waals surface area contributed by atoms with Crippen molar-refractivity contribution in [1.82, 2.24) is 20.0 Å². The molecule has 0 aliphatic carbocycles. The third kappa shape index (κ3) is 8.71. The fourth-order valence-corrected chi connectivity index (χ4v) is 3.57. The molecular weight excluding hydrogens is 505 g/mol. The number of hydrogen-bond donors (Lipinski definition) is 2. The maximum atomic E-state index is 13.1. The van der Waals surface area contributed by atoms with E-state index in [9.17, 15) is 14.4 Å². The van der Waals surface area contributed by atoms with Gasteiger partial charge in [-0.15, -0.1) is 0 Å². The van der Waals surface area contributed by atoms with Gasteiger partial charge in [-0.25, -0.2) is 9.48 Å². The van der Waals surface area contributed by atoms with Crippen LogP contribution in [0.3, 0.4) is 0 Å². The molecule has 0 saturated heterocycles. The first-order chi connectivity index (χ1) is 17.0. The lowest BCUT2D eigenvalue weighted by molar-refractivity contribution is -0.141. The van der Waals surface area contributed by atoms with Crippen LogP contribution in [0.2, 0.25) is 10.0 Å². The van der Waals surface area contributed by atoms with E-state index in [-0.39, 0.29) is 25.1 Å². The predicted octanol–water partition coefficient (Wildman–Crippen LogP) is 5.18. The Labute approximate surface area is 222 Å². The summed E-state index contributed by atoms with van der Waals surface area (Å²) in [6.07, 6.45) is 2.59. The molecule has 1 heterocycles. The van der Waals surface area contributed by atoms with Gasteiger partial charge < -0.3 is 20.3 Å². The van der Waals surface area contributed by atoms with Crippen molar-refractivity contribution < 1.29 is 19.1 Å². The minimum atomic E-state index is -0.538. The van der Waals surface area contributed by atoms with Crippen LogP contribution in [-0.2, 0) is 19.7 Å². The summed E-state index contributed by atoms with van der Waals surface area (Å²) in [6.45, 7) is 9.92. The zero-order valence-corrected chi connectivity index (χ0v) is 23.0. The van der Waals surface area contributed by atoms with Gasteiger partial charge in [0.25, 0.3) is 0 Å². The molecule has 1 aromatic carbocycles. The standard InChI is InChI=1S/C25H35Cl2N5O4/c1-6-8-9-12-31(24(35)28-15-23(34)36-7-2)16-22(33)29-21-14-20(25(3,4)5)30-32(21)17-10-11-18(26)19(27)13-17/h10-11,13-14H,6-9,12,15-16H2,1-5H3,(H,28,35)(H,29,33). The first-order valence-corrected chi connectivity index (χ1v) is 12.8. The maximum absolute atomic E-state index is 13.1. The highest BCUT2D eigenvalue weighted by atomic mass is 35.5. The zero-order chi connectivity index (χ0) is 26.9. The molecule has 0 fully saturated rings. The molecule has 3 amide bonds. The maximum Gasteiger partial charge on any atom is 0.325 e. The molecule has 36 heavy (non-hydrogen) atoms. The van der Waals surface area contributed by atoms with Gasteiger partial charge in [0.2, 0.25) is 5.91 Å². The summed E-state index contributed by atoms with van der Waals surface area (Å²) in [5, 5.41) is 10.8. The van der Waals surface area contributed by atoms with Crippen molar-refractivity contribution in [2.45, 2.75) is 59.3 Å². The highest BCUT2D eigenvalue weighted by molar-refractivity contribution is 6.42. The fourth-order valence-electron chi connectivity index (χ4n) is 3.28. The van der Waals surface area contributed by atoms with Gasteiger partial charge in [-0.2, -0.15) is 5.10 Å². The van der Waals surface area contributed by atoms with Gasteiger partial charge in [0.15, 0.2) is 0 Å². The number of nitrogens with one attached hydrogen (secondary N) is 2. The van der Waals surface area contributed by atoms with E-state index < -0.39 is 17.9 Å². The van der Waals surface area contributed by atoms with Crippen LogP contribution >= 0.6 is 23.2 Å². The molecule has 0 atom stereocenters. The molecule has 2 aromatic rings. The summed E-state index contributed by atoms with van der Waals surface area (Å²) < 4.78 is 6.44. The van der Waals surface area contributed by atoms with Crippen molar-refractivity contribution in [2.24, 2.45) is 0 Å². The van der Waals surface area contributed by atoms with E-state index in [1.165, 1.54) is 4.90 Å². The van der Waals surface area contributed by atoms with E-state index >= 15 is 0 Å². The fraction of sp³-hybridized carbons (Fsp3) is 0.520. The Morgan fingerprint density at radius 1 is 1.08 bits per heavy atom. The summed E-state index contributed by atoms with van der Waals surface area (Å²) >= 11 is 12.3. The molecule has 0 unspecified atom stereocenters. The number of carbonyl (C=O) groups is 3. The number of aromatic nitrogens is 2. The van der Waals surface area contributed by atoms with Crippen LogP contribution < -0.4 is 10.6 Å². The van der Waals surface area contributed by atoms with Crippen LogP contribution in [0.15, 0.2) is 24.3 Å². The molecule has 0 aliphatic rings. The van der Waals surface area contributed by atoms with Gasteiger partial charge in [-0.1, -0.05) is 63.7 Å². The van der Waals surface area contributed by atoms with E-state index in [1.807, 2.05) is 20.8 Å². The quantitative estimate of drug-likeness (QED) is 0.302. The zero-order valence-electron chi connectivity index (χ0n) is 21.5. The summed E-state index contributed by atoms with van der Waals surface area (Å²) in [5.41, 5.74) is 1.11. The van der Waals surface area contributed by atoms with Crippen molar-refractivity contribution in [1.29, 1.82) is 0 Å². The van der Waals surface area contributed by atoms with Gasteiger partial charge in [0.05, 0.1) is 28.0 Å². The number of urea groups is 1. The number of carbonyl (C=O) groups excluding carboxylic acids is 3. The van der Waals surface area contributed by atoms with Crippen molar-refractivity contribution in [3.8, 4) is 5.69 Å². The van der Waals surface area contributed by atoms with Gasteiger partial charge in [0.1, 0.15) is 18.9 Å². The smallest absolute Gasteiger partial charge is 0.325 e. The predicted molar refractivity (Wildman–Crippen MR) is 142 cm³/mol. The van der Waals surface area contributed by atoms with Crippen LogP contribution in [0.5, 0.6) is 0 Å². The second-order valence-electron chi connectivity index (χ2n) is 9.32. The lowest BCUT2D eigenvalue weighted by Gasteiger charge is -2.22. The molecule has 198 valence electrons. The molecule has 11 heteroatoms. The molecule has 9 nitrogen and oxygen atoms in total. The van der Waals surface area contributed by atoms with Gasteiger partial charge in [-0.3, -0.25) is 9.59 Å². The van der Waals surface area contributed by atoms with Gasteiger partial charge >= 0.3 is 12.0 Å². The third-order valence-corrected chi connectivity index (χ3v) is 5.97. The Morgan fingerprint density at radius 3 is 2.42 bits per heavy atom. The monoisotopic (exact) mass is 539 g/mol. The van der Waals surface area contributed by atoms with E-state index in [4.69, 9.17) is 27.9 Å². The van der Waals surface area contributed by atoms with Crippen LogP contribution in [-0.4, -0.2) is 58.8 Å². The number of rotatable bonds is 11. The number of unbranched alkanes of at least 4 members (excludes halogenated alkanes) is 2. The number of halogens is 2. The summed E-state index contributed by atoms with van der Waals surface area (Å²) in [5.74, 6) is -0.507. The second kappa shape index (κ2) is 13.5. The Kier molecular flexibility index (Phi) is 11.0. The second-order valence-corrected chi connectivity index (χ2v) is 10.1. The molecule has 0 saturated carbocycles. The number of esters is 1. The Balaban J connectivity index is 2.23. The Bertz CT molecular complexity index is 1070. The molecule has 2 N–H and O–H groups in total. The largest absolute Gasteiger partial charge is 0.465 e. The minimum absolute atomic E-state index is 0.199. The molecule has 0 spiro atoms. The normalized spacial score (nSPS) is 11.2. The van der Waals surface area contributed by atoms with Crippen LogP contribution in [0.25, 0.3) is 5.69 Å². The summed E-state index contributed by atoms with van der Waals surface area (Å²) in [4.78, 5) is 38.8. The number of nitrogens with zero attached hydrogens (tertiary/aromatic N) is 3. The molecule has 0 aliphatic heterocycles. The summed E-state index contributed by atoms with van der Waals surface area (Å²) in [6, 6.07) is 6.36. The van der Waals surface area contributed by atoms with Crippen molar-refractivity contribution in [3.63, 3.8) is 0 Å². The molecular formula is C25H35Cl2N5O4. The number of anilines is 1.